The molecule has 6 nitrogen and oxygen atoms in total. The first-order valence-electron chi connectivity index (χ1n) is 10.5. The maximum atomic E-state index is 12.5. The number of hydrogen-bond acceptors (Lipinski definition) is 4. The third-order valence-electron chi connectivity index (χ3n) is 6.07. The summed E-state index contributed by atoms with van der Waals surface area (Å²) in [6.07, 6.45) is 8.37. The molecule has 2 heterocycles. The fourth-order valence-corrected chi connectivity index (χ4v) is 4.44. The molecule has 0 bridgehead atoms. The van der Waals surface area contributed by atoms with Gasteiger partial charge in [0.05, 0.1) is 12.1 Å². The second-order valence-corrected chi connectivity index (χ2v) is 8.40. The molecule has 154 valence electrons. The molecule has 29 heavy (non-hydrogen) atoms. The number of amides is 1. The van der Waals surface area contributed by atoms with E-state index in [2.05, 4.69) is 45.0 Å². The van der Waals surface area contributed by atoms with Crippen molar-refractivity contribution in [2.24, 2.45) is 5.92 Å². The quantitative estimate of drug-likeness (QED) is 0.739. The highest BCUT2D eigenvalue weighted by molar-refractivity contribution is 5.79. The van der Waals surface area contributed by atoms with Crippen molar-refractivity contribution in [2.45, 2.75) is 44.4 Å². The van der Waals surface area contributed by atoms with Gasteiger partial charge in [0.15, 0.2) is 0 Å². The number of rotatable bonds is 6. The van der Waals surface area contributed by atoms with Crippen LogP contribution in [0.1, 0.15) is 25.7 Å². The lowest BCUT2D eigenvalue weighted by Gasteiger charge is -2.22. The number of aromatic nitrogens is 2. The molecule has 1 amide bonds. The Labute approximate surface area is 172 Å². The molecule has 0 saturated heterocycles. The van der Waals surface area contributed by atoms with Gasteiger partial charge in [-0.15, -0.1) is 0 Å². The molecule has 0 radical (unpaired) electrons. The molecule has 2 N–H and O–H groups in total. The maximum Gasteiger partial charge on any atom is 0.224 e. The van der Waals surface area contributed by atoms with E-state index in [0.717, 1.165) is 43.9 Å². The highest BCUT2D eigenvalue weighted by Gasteiger charge is 2.34. The molecule has 4 rings (SSSR count). The Morgan fingerprint density at radius 2 is 2.10 bits per heavy atom. The molecule has 1 aliphatic carbocycles. The van der Waals surface area contributed by atoms with Crippen LogP contribution in [0.3, 0.4) is 0 Å². The first-order valence-corrected chi connectivity index (χ1v) is 10.5. The number of likely N-dealkylation sites (N-methyl/N-ethyl adjacent to an activating group) is 1. The van der Waals surface area contributed by atoms with Crippen molar-refractivity contribution in [3.8, 4) is 11.4 Å². The SMILES string of the molecule is CN1CC=C(CC(=O)N[C@@H]2CC(Cn3ccnc3-c3ccccc3)C[C@H]2O)CC1. The van der Waals surface area contributed by atoms with Gasteiger partial charge in [-0.3, -0.25) is 4.79 Å². The van der Waals surface area contributed by atoms with Crippen molar-refractivity contribution in [3.05, 3.63) is 54.4 Å². The summed E-state index contributed by atoms with van der Waals surface area (Å²) < 4.78 is 2.15. The number of aliphatic hydroxyl groups excluding tert-OH is 1. The molecule has 0 spiro atoms. The van der Waals surface area contributed by atoms with Crippen molar-refractivity contribution in [2.75, 3.05) is 20.1 Å². The summed E-state index contributed by atoms with van der Waals surface area (Å²) >= 11 is 0. The van der Waals surface area contributed by atoms with Crippen LogP contribution in [0, 0.1) is 5.92 Å². The Morgan fingerprint density at radius 3 is 2.86 bits per heavy atom. The Kier molecular flexibility index (Phi) is 6.11. The second-order valence-electron chi connectivity index (χ2n) is 8.40. The van der Waals surface area contributed by atoms with Gasteiger partial charge in [-0.05, 0) is 32.2 Å². The first-order chi connectivity index (χ1) is 14.1. The van der Waals surface area contributed by atoms with Gasteiger partial charge < -0.3 is 19.9 Å². The van der Waals surface area contributed by atoms with Crippen LogP contribution in [0.15, 0.2) is 54.4 Å². The van der Waals surface area contributed by atoms with Gasteiger partial charge in [-0.25, -0.2) is 4.98 Å². The average Bonchev–Trinajstić information content (AvgIpc) is 3.31. The van der Waals surface area contributed by atoms with Gasteiger partial charge in [0.1, 0.15) is 5.82 Å². The summed E-state index contributed by atoms with van der Waals surface area (Å²) in [5.74, 6) is 1.29. The van der Waals surface area contributed by atoms with Crippen molar-refractivity contribution in [1.82, 2.24) is 19.8 Å². The average molecular weight is 395 g/mol. The highest BCUT2D eigenvalue weighted by atomic mass is 16.3. The molecule has 1 aromatic heterocycles. The summed E-state index contributed by atoms with van der Waals surface area (Å²) in [5, 5.41) is 13.6. The van der Waals surface area contributed by atoms with Gasteiger partial charge in [0.25, 0.3) is 0 Å². The predicted molar refractivity (Wildman–Crippen MR) is 113 cm³/mol. The van der Waals surface area contributed by atoms with E-state index in [1.54, 1.807) is 0 Å². The van der Waals surface area contributed by atoms with E-state index in [1.165, 1.54) is 5.57 Å². The van der Waals surface area contributed by atoms with Crippen LogP contribution in [0.25, 0.3) is 11.4 Å². The van der Waals surface area contributed by atoms with Crippen molar-refractivity contribution in [1.29, 1.82) is 0 Å². The van der Waals surface area contributed by atoms with Crippen molar-refractivity contribution >= 4 is 5.91 Å². The van der Waals surface area contributed by atoms with Crippen LogP contribution in [-0.4, -0.2) is 57.7 Å². The summed E-state index contributed by atoms with van der Waals surface area (Å²) in [6, 6.07) is 9.98. The fraction of sp³-hybridized carbons (Fsp3) is 0.478. The monoisotopic (exact) mass is 394 g/mol. The van der Waals surface area contributed by atoms with E-state index in [1.807, 2.05) is 30.6 Å². The minimum atomic E-state index is -0.487. The number of hydrogen-bond donors (Lipinski definition) is 2. The first kappa shape index (κ1) is 19.9. The summed E-state index contributed by atoms with van der Waals surface area (Å²) in [5.41, 5.74) is 2.29. The molecule has 1 aliphatic heterocycles. The summed E-state index contributed by atoms with van der Waals surface area (Å²) in [4.78, 5) is 19.2. The van der Waals surface area contributed by atoms with Gasteiger partial charge in [0.2, 0.25) is 5.91 Å². The lowest BCUT2D eigenvalue weighted by atomic mass is 10.0. The molecule has 1 unspecified atom stereocenters. The highest BCUT2D eigenvalue weighted by Crippen LogP contribution is 2.29. The standard InChI is InChI=1S/C23H30N4O2/c1-26-10-7-17(8-11-26)15-22(29)25-20-13-18(14-21(20)28)16-27-12-9-24-23(27)19-5-3-2-4-6-19/h2-7,9,12,18,20-21,28H,8,10-11,13-16H2,1H3,(H,25,29)/t18?,20-,21-/m1/s1. The van der Waals surface area contributed by atoms with Crippen LogP contribution >= 0.6 is 0 Å². The molecule has 1 aromatic carbocycles. The number of carbonyl (C=O) groups is 1. The molecule has 1 fully saturated rings. The maximum absolute atomic E-state index is 12.5. The van der Waals surface area contributed by atoms with Gasteiger partial charge >= 0.3 is 0 Å². The van der Waals surface area contributed by atoms with E-state index in [4.69, 9.17) is 0 Å². The van der Waals surface area contributed by atoms with Gasteiger partial charge in [-0.1, -0.05) is 42.0 Å². The van der Waals surface area contributed by atoms with Crippen LogP contribution < -0.4 is 5.32 Å². The molecular formula is C23H30N4O2. The van der Waals surface area contributed by atoms with E-state index >= 15 is 0 Å². The number of imidazole rings is 1. The molecule has 3 atom stereocenters. The number of nitrogens with zero attached hydrogens (tertiary/aromatic N) is 3. The topological polar surface area (TPSA) is 70.4 Å². The Hall–Kier alpha value is -2.44. The fourth-order valence-electron chi connectivity index (χ4n) is 4.44. The number of benzene rings is 1. The smallest absolute Gasteiger partial charge is 0.224 e. The Morgan fingerprint density at radius 1 is 1.28 bits per heavy atom. The Balaban J connectivity index is 1.32. The normalized spacial score (nSPS) is 25.0. The molecule has 6 heteroatoms. The third kappa shape index (κ3) is 4.95. The zero-order valence-corrected chi connectivity index (χ0v) is 17.0. The zero-order valence-electron chi connectivity index (χ0n) is 17.0. The van der Waals surface area contributed by atoms with Crippen molar-refractivity contribution < 1.29 is 9.90 Å². The third-order valence-corrected chi connectivity index (χ3v) is 6.07. The summed E-state index contributed by atoms with van der Waals surface area (Å²) in [6.45, 7) is 2.71. The van der Waals surface area contributed by atoms with Crippen LogP contribution in [0.5, 0.6) is 0 Å². The second kappa shape index (κ2) is 8.93. The van der Waals surface area contributed by atoms with Gasteiger partial charge in [0, 0.05) is 44.0 Å². The zero-order chi connectivity index (χ0) is 20.2. The predicted octanol–water partition coefficient (Wildman–Crippen LogP) is 2.46. The molecule has 2 aliphatic rings. The minimum absolute atomic E-state index is 0.0260. The van der Waals surface area contributed by atoms with E-state index in [-0.39, 0.29) is 11.9 Å². The van der Waals surface area contributed by atoms with E-state index in [9.17, 15) is 9.90 Å². The summed E-state index contributed by atoms with van der Waals surface area (Å²) in [7, 11) is 2.09. The van der Waals surface area contributed by atoms with Crippen LogP contribution in [-0.2, 0) is 11.3 Å². The molecule has 1 saturated carbocycles. The number of aliphatic hydroxyl groups is 1. The number of nitrogens with one attached hydrogen (secondary N) is 1. The molecule has 2 aromatic rings. The van der Waals surface area contributed by atoms with Crippen LogP contribution in [0.4, 0.5) is 0 Å². The minimum Gasteiger partial charge on any atom is -0.391 e. The molecular weight excluding hydrogens is 364 g/mol. The number of carbonyl (C=O) groups excluding carboxylic acids is 1. The largest absolute Gasteiger partial charge is 0.391 e. The van der Waals surface area contributed by atoms with Gasteiger partial charge in [-0.2, -0.15) is 0 Å². The van der Waals surface area contributed by atoms with Crippen LogP contribution in [0.2, 0.25) is 0 Å². The van der Waals surface area contributed by atoms with E-state index in [0.29, 0.717) is 18.8 Å². The van der Waals surface area contributed by atoms with Crippen molar-refractivity contribution in [3.63, 3.8) is 0 Å². The Bertz CT molecular complexity index is 861. The van der Waals surface area contributed by atoms with E-state index < -0.39 is 6.10 Å². The lowest BCUT2D eigenvalue weighted by Crippen LogP contribution is -2.40. The lowest BCUT2D eigenvalue weighted by molar-refractivity contribution is -0.121.